The lowest BCUT2D eigenvalue weighted by Crippen LogP contribution is -2.32. The van der Waals surface area contributed by atoms with Crippen LogP contribution in [0.15, 0.2) is 24.3 Å². The minimum atomic E-state index is -0.500. The lowest BCUT2D eigenvalue weighted by atomic mass is 10.1. The van der Waals surface area contributed by atoms with Crippen molar-refractivity contribution in [1.29, 1.82) is 0 Å². The number of rotatable bonds is 7. The summed E-state index contributed by atoms with van der Waals surface area (Å²) >= 11 is 0. The van der Waals surface area contributed by atoms with Gasteiger partial charge in [-0.1, -0.05) is 39.0 Å². The van der Waals surface area contributed by atoms with E-state index in [-0.39, 0.29) is 0 Å². The quantitative estimate of drug-likeness (QED) is 0.808. The smallest absolute Gasteiger partial charge is 0.124 e. The van der Waals surface area contributed by atoms with E-state index in [1.807, 2.05) is 24.3 Å². The fraction of sp³-hybridized carbons (Fsp3) is 0.600. The molecule has 0 bridgehead atoms. The highest BCUT2D eigenvalue weighted by atomic mass is 16.5. The van der Waals surface area contributed by atoms with Crippen LogP contribution in [0.4, 0.5) is 0 Å². The van der Waals surface area contributed by atoms with Gasteiger partial charge < -0.3 is 14.7 Å². The minimum Gasteiger partial charge on any atom is -0.496 e. The Bertz CT molecular complexity index is 352. The van der Waals surface area contributed by atoms with Gasteiger partial charge in [-0.25, -0.2) is 0 Å². The number of nitrogens with zero attached hydrogens (tertiary/aromatic N) is 1. The fourth-order valence-corrected chi connectivity index (χ4v) is 2.13. The number of aliphatic hydroxyl groups is 1. The van der Waals surface area contributed by atoms with Gasteiger partial charge in [0.1, 0.15) is 5.75 Å². The second kappa shape index (κ2) is 7.39. The van der Waals surface area contributed by atoms with Crippen molar-refractivity contribution in [1.82, 2.24) is 4.90 Å². The van der Waals surface area contributed by atoms with Crippen LogP contribution in [0.3, 0.4) is 0 Å². The Hall–Kier alpha value is -1.06. The van der Waals surface area contributed by atoms with Crippen LogP contribution in [0.25, 0.3) is 0 Å². The second-order valence-electron chi connectivity index (χ2n) is 5.00. The molecule has 0 aliphatic rings. The highest BCUT2D eigenvalue weighted by Crippen LogP contribution is 2.25. The van der Waals surface area contributed by atoms with Gasteiger partial charge >= 0.3 is 0 Å². The van der Waals surface area contributed by atoms with Gasteiger partial charge in [-0.15, -0.1) is 0 Å². The van der Waals surface area contributed by atoms with Crippen molar-refractivity contribution >= 4 is 0 Å². The van der Waals surface area contributed by atoms with Crippen molar-refractivity contribution in [2.45, 2.75) is 26.9 Å². The third-order valence-electron chi connectivity index (χ3n) is 3.00. The highest BCUT2D eigenvalue weighted by Gasteiger charge is 2.16. The van der Waals surface area contributed by atoms with Crippen molar-refractivity contribution in [2.75, 3.05) is 26.7 Å². The Labute approximate surface area is 110 Å². The van der Waals surface area contributed by atoms with Gasteiger partial charge in [0.25, 0.3) is 0 Å². The van der Waals surface area contributed by atoms with Gasteiger partial charge in [-0.05, 0) is 18.5 Å². The van der Waals surface area contributed by atoms with Crippen LogP contribution in [0.2, 0.25) is 0 Å². The zero-order valence-corrected chi connectivity index (χ0v) is 11.9. The summed E-state index contributed by atoms with van der Waals surface area (Å²) in [5.74, 6) is 1.36. The maximum absolute atomic E-state index is 10.3. The fourth-order valence-electron chi connectivity index (χ4n) is 2.13. The van der Waals surface area contributed by atoms with E-state index in [9.17, 15) is 5.11 Å². The lowest BCUT2D eigenvalue weighted by molar-refractivity contribution is 0.107. The molecule has 0 heterocycles. The number of methoxy groups -OCH3 is 1. The van der Waals surface area contributed by atoms with Gasteiger partial charge in [-0.2, -0.15) is 0 Å². The summed E-state index contributed by atoms with van der Waals surface area (Å²) in [5.41, 5.74) is 0.863. The van der Waals surface area contributed by atoms with E-state index < -0.39 is 6.10 Å². The molecule has 1 unspecified atom stereocenters. The third-order valence-corrected chi connectivity index (χ3v) is 3.00. The van der Waals surface area contributed by atoms with Crippen LogP contribution in [0, 0.1) is 5.92 Å². The van der Waals surface area contributed by atoms with Crippen LogP contribution in [0.5, 0.6) is 5.75 Å². The molecule has 0 radical (unpaired) electrons. The summed E-state index contributed by atoms with van der Waals surface area (Å²) in [6.45, 7) is 9.11. The van der Waals surface area contributed by atoms with Crippen molar-refractivity contribution in [3.63, 3.8) is 0 Å². The highest BCUT2D eigenvalue weighted by molar-refractivity contribution is 5.35. The molecule has 0 aliphatic carbocycles. The van der Waals surface area contributed by atoms with E-state index >= 15 is 0 Å². The SMILES string of the molecule is CCN(CC(C)C)CC(O)c1ccccc1OC. The Kier molecular flexibility index (Phi) is 6.16. The number of hydrogen-bond donors (Lipinski definition) is 1. The van der Waals surface area contributed by atoms with E-state index in [0.717, 1.165) is 24.4 Å². The molecule has 1 atom stereocenters. The van der Waals surface area contributed by atoms with Gasteiger partial charge in [0.15, 0.2) is 0 Å². The minimum absolute atomic E-state index is 0.500. The summed E-state index contributed by atoms with van der Waals surface area (Å²) in [5, 5.41) is 10.3. The molecular weight excluding hydrogens is 226 g/mol. The summed E-state index contributed by atoms with van der Waals surface area (Å²) in [7, 11) is 1.64. The lowest BCUT2D eigenvalue weighted by Gasteiger charge is -2.26. The molecule has 1 N–H and O–H groups in total. The van der Waals surface area contributed by atoms with E-state index in [1.54, 1.807) is 7.11 Å². The van der Waals surface area contributed by atoms with Crippen LogP contribution in [-0.2, 0) is 0 Å². The standard InChI is InChI=1S/C15H25NO2/c1-5-16(10-12(2)3)11-14(17)13-8-6-7-9-15(13)18-4/h6-9,12,14,17H,5,10-11H2,1-4H3. The molecule has 0 saturated heterocycles. The van der Waals surface area contributed by atoms with Crippen LogP contribution >= 0.6 is 0 Å². The second-order valence-corrected chi connectivity index (χ2v) is 5.00. The Morgan fingerprint density at radius 2 is 1.89 bits per heavy atom. The summed E-state index contributed by atoms with van der Waals surface area (Å²) in [6, 6.07) is 7.66. The van der Waals surface area contributed by atoms with Crippen LogP contribution < -0.4 is 4.74 Å². The first kappa shape index (κ1) is 15.0. The topological polar surface area (TPSA) is 32.7 Å². The average Bonchev–Trinajstić information content (AvgIpc) is 2.37. The molecule has 0 aliphatic heterocycles. The Balaban J connectivity index is 2.71. The van der Waals surface area contributed by atoms with Gasteiger partial charge in [0.05, 0.1) is 13.2 Å². The number of likely N-dealkylation sites (N-methyl/N-ethyl adjacent to an activating group) is 1. The number of ether oxygens (including phenoxy) is 1. The maximum atomic E-state index is 10.3. The molecule has 0 amide bonds. The average molecular weight is 251 g/mol. The number of para-hydroxylation sites is 1. The molecule has 1 aromatic rings. The molecule has 1 rings (SSSR count). The number of aliphatic hydroxyl groups excluding tert-OH is 1. The van der Waals surface area contributed by atoms with E-state index in [4.69, 9.17) is 4.74 Å². The number of hydrogen-bond acceptors (Lipinski definition) is 3. The van der Waals surface area contributed by atoms with Gasteiger partial charge in [0, 0.05) is 18.7 Å². The zero-order chi connectivity index (χ0) is 13.5. The maximum Gasteiger partial charge on any atom is 0.124 e. The molecule has 1 aromatic carbocycles. The third kappa shape index (κ3) is 4.31. The van der Waals surface area contributed by atoms with Crippen molar-refractivity contribution in [3.05, 3.63) is 29.8 Å². The normalized spacial score (nSPS) is 13.1. The van der Waals surface area contributed by atoms with Crippen molar-refractivity contribution in [3.8, 4) is 5.75 Å². The first-order valence-electron chi connectivity index (χ1n) is 6.61. The molecule has 0 aromatic heterocycles. The Morgan fingerprint density at radius 1 is 1.22 bits per heavy atom. The molecule has 3 nitrogen and oxygen atoms in total. The predicted molar refractivity (Wildman–Crippen MR) is 74.9 cm³/mol. The molecule has 0 spiro atoms. The van der Waals surface area contributed by atoms with Crippen LogP contribution in [-0.4, -0.2) is 36.8 Å². The number of benzene rings is 1. The van der Waals surface area contributed by atoms with Crippen molar-refractivity contribution in [2.24, 2.45) is 5.92 Å². The summed E-state index contributed by atoms with van der Waals surface area (Å²) < 4.78 is 5.28. The van der Waals surface area contributed by atoms with Crippen molar-refractivity contribution < 1.29 is 9.84 Å². The van der Waals surface area contributed by atoms with Crippen LogP contribution in [0.1, 0.15) is 32.4 Å². The first-order chi connectivity index (χ1) is 8.58. The summed E-state index contributed by atoms with van der Waals surface area (Å²) in [6.07, 6.45) is -0.500. The van der Waals surface area contributed by atoms with Gasteiger partial charge in [-0.3, -0.25) is 0 Å². The molecule has 3 heteroatoms. The Morgan fingerprint density at radius 3 is 2.44 bits per heavy atom. The molecule has 18 heavy (non-hydrogen) atoms. The first-order valence-corrected chi connectivity index (χ1v) is 6.61. The molecule has 0 saturated carbocycles. The van der Waals surface area contributed by atoms with E-state index in [0.29, 0.717) is 12.5 Å². The van der Waals surface area contributed by atoms with Gasteiger partial charge in [0.2, 0.25) is 0 Å². The monoisotopic (exact) mass is 251 g/mol. The van der Waals surface area contributed by atoms with E-state index in [1.165, 1.54) is 0 Å². The molecular formula is C15H25NO2. The summed E-state index contributed by atoms with van der Waals surface area (Å²) in [4.78, 5) is 2.27. The zero-order valence-electron chi connectivity index (χ0n) is 11.9. The van der Waals surface area contributed by atoms with E-state index in [2.05, 4.69) is 25.7 Å². The molecule has 0 fully saturated rings. The predicted octanol–water partition coefficient (Wildman–Crippen LogP) is 2.71. The molecule has 102 valence electrons. The largest absolute Gasteiger partial charge is 0.496 e.